The lowest BCUT2D eigenvalue weighted by Crippen LogP contribution is -2.60. The first kappa shape index (κ1) is 17.1. The van der Waals surface area contributed by atoms with Crippen LogP contribution in [-0.4, -0.2) is 78.7 Å². The molecule has 0 aliphatic carbocycles. The zero-order chi connectivity index (χ0) is 15.4. The molecule has 0 radical (unpaired) electrons. The van der Waals surface area contributed by atoms with E-state index in [0.717, 1.165) is 6.54 Å². The van der Waals surface area contributed by atoms with E-state index in [2.05, 4.69) is 18.7 Å². The standard InChI is InChI=1S/C15H29N3O2/c1-11(2)15(20)13-9-17(14(19)10-16(5)6)7-8-18(13)12(3)4/h11-13H,7-10H2,1-6H3. The molecule has 1 saturated heterocycles. The molecule has 1 rings (SSSR count). The van der Waals surface area contributed by atoms with E-state index in [9.17, 15) is 9.59 Å². The SMILES string of the molecule is CC(C)C(=O)C1CN(C(=O)CN(C)C)CCN1C(C)C. The van der Waals surface area contributed by atoms with Crippen LogP contribution >= 0.6 is 0 Å². The molecule has 1 heterocycles. The van der Waals surface area contributed by atoms with Crippen molar-refractivity contribution in [2.75, 3.05) is 40.3 Å². The minimum absolute atomic E-state index is 0.00477. The molecule has 0 aromatic heterocycles. The average Bonchev–Trinajstić information content (AvgIpc) is 2.35. The number of amides is 1. The van der Waals surface area contributed by atoms with Gasteiger partial charge in [-0.25, -0.2) is 0 Å². The van der Waals surface area contributed by atoms with Crippen molar-refractivity contribution in [1.82, 2.24) is 14.7 Å². The van der Waals surface area contributed by atoms with E-state index >= 15 is 0 Å². The van der Waals surface area contributed by atoms with E-state index in [1.54, 1.807) is 0 Å². The van der Waals surface area contributed by atoms with Crippen LogP contribution in [0.2, 0.25) is 0 Å². The zero-order valence-electron chi connectivity index (χ0n) is 13.7. The van der Waals surface area contributed by atoms with Gasteiger partial charge in [0.05, 0.1) is 12.6 Å². The summed E-state index contributed by atoms with van der Waals surface area (Å²) in [4.78, 5) is 30.5. The molecule has 0 N–H and O–H groups in total. The van der Waals surface area contributed by atoms with Gasteiger partial charge in [-0.2, -0.15) is 0 Å². The van der Waals surface area contributed by atoms with E-state index in [0.29, 0.717) is 25.7 Å². The number of carbonyl (C=O) groups is 2. The highest BCUT2D eigenvalue weighted by Crippen LogP contribution is 2.17. The summed E-state index contributed by atoms with van der Waals surface area (Å²) in [7, 11) is 3.78. The minimum Gasteiger partial charge on any atom is -0.338 e. The first-order valence-electron chi connectivity index (χ1n) is 7.46. The molecular weight excluding hydrogens is 254 g/mol. The van der Waals surface area contributed by atoms with E-state index in [-0.39, 0.29) is 23.7 Å². The number of nitrogens with zero attached hydrogens (tertiary/aromatic N) is 3. The van der Waals surface area contributed by atoms with Crippen LogP contribution in [0.25, 0.3) is 0 Å². The summed E-state index contributed by atoms with van der Waals surface area (Å²) in [5.41, 5.74) is 0. The maximum Gasteiger partial charge on any atom is 0.236 e. The van der Waals surface area contributed by atoms with Gasteiger partial charge in [0.25, 0.3) is 0 Å². The van der Waals surface area contributed by atoms with Crippen LogP contribution in [0, 0.1) is 5.92 Å². The number of likely N-dealkylation sites (N-methyl/N-ethyl adjacent to an activating group) is 1. The van der Waals surface area contributed by atoms with Crippen molar-refractivity contribution in [3.8, 4) is 0 Å². The molecule has 1 unspecified atom stereocenters. The van der Waals surface area contributed by atoms with Crippen molar-refractivity contribution < 1.29 is 9.59 Å². The van der Waals surface area contributed by atoms with E-state index < -0.39 is 0 Å². The highest BCUT2D eigenvalue weighted by atomic mass is 16.2. The van der Waals surface area contributed by atoms with Crippen LogP contribution in [0.5, 0.6) is 0 Å². The Morgan fingerprint density at radius 1 is 1.15 bits per heavy atom. The maximum absolute atomic E-state index is 12.4. The Balaban J connectivity index is 2.79. The first-order valence-corrected chi connectivity index (χ1v) is 7.46. The summed E-state index contributed by atoms with van der Waals surface area (Å²) < 4.78 is 0. The van der Waals surface area contributed by atoms with Crippen molar-refractivity contribution in [2.45, 2.75) is 39.8 Å². The molecule has 5 nitrogen and oxygen atoms in total. The van der Waals surface area contributed by atoms with Gasteiger partial charge in [-0.3, -0.25) is 14.5 Å². The second-order valence-corrected chi connectivity index (χ2v) is 6.48. The Morgan fingerprint density at radius 2 is 1.75 bits per heavy atom. The zero-order valence-corrected chi connectivity index (χ0v) is 13.7. The van der Waals surface area contributed by atoms with Crippen molar-refractivity contribution in [3.63, 3.8) is 0 Å². The number of piperazine rings is 1. The van der Waals surface area contributed by atoms with Crippen LogP contribution < -0.4 is 0 Å². The fourth-order valence-electron chi connectivity index (χ4n) is 2.65. The molecule has 0 saturated carbocycles. The molecule has 1 aliphatic heterocycles. The highest BCUT2D eigenvalue weighted by molar-refractivity contribution is 5.87. The fraction of sp³-hybridized carbons (Fsp3) is 0.867. The number of rotatable bonds is 5. The molecule has 0 bridgehead atoms. The molecule has 0 spiro atoms. The third-order valence-electron chi connectivity index (χ3n) is 3.79. The van der Waals surface area contributed by atoms with Crippen molar-refractivity contribution in [3.05, 3.63) is 0 Å². The molecule has 1 atom stereocenters. The molecule has 0 aromatic carbocycles. The van der Waals surface area contributed by atoms with Gasteiger partial charge < -0.3 is 9.80 Å². The summed E-state index contributed by atoms with van der Waals surface area (Å²) in [5.74, 6) is 0.353. The third kappa shape index (κ3) is 4.28. The number of carbonyl (C=O) groups excluding carboxylic acids is 2. The molecule has 5 heteroatoms. The van der Waals surface area contributed by atoms with Crippen LogP contribution in [-0.2, 0) is 9.59 Å². The van der Waals surface area contributed by atoms with Crippen molar-refractivity contribution in [2.24, 2.45) is 5.92 Å². The summed E-state index contributed by atoms with van der Waals surface area (Å²) in [6.45, 7) is 10.5. The van der Waals surface area contributed by atoms with E-state index in [1.165, 1.54) is 0 Å². The van der Waals surface area contributed by atoms with E-state index in [1.807, 2.05) is 37.7 Å². The molecular formula is C15H29N3O2. The van der Waals surface area contributed by atoms with Gasteiger partial charge in [0, 0.05) is 31.6 Å². The first-order chi connectivity index (χ1) is 9.23. The Kier molecular flexibility index (Phi) is 6.14. The van der Waals surface area contributed by atoms with Gasteiger partial charge in [-0.1, -0.05) is 13.8 Å². The molecule has 1 amide bonds. The number of hydrogen-bond donors (Lipinski definition) is 0. The van der Waals surface area contributed by atoms with Gasteiger partial charge >= 0.3 is 0 Å². The Labute approximate surface area is 122 Å². The lowest BCUT2D eigenvalue weighted by Gasteiger charge is -2.43. The quantitative estimate of drug-likeness (QED) is 0.745. The second-order valence-electron chi connectivity index (χ2n) is 6.48. The smallest absolute Gasteiger partial charge is 0.236 e. The lowest BCUT2D eigenvalue weighted by molar-refractivity contribution is -0.139. The Bertz CT molecular complexity index is 353. The largest absolute Gasteiger partial charge is 0.338 e. The molecule has 20 heavy (non-hydrogen) atoms. The van der Waals surface area contributed by atoms with Gasteiger partial charge in [0.2, 0.25) is 5.91 Å². The number of Topliss-reactive ketones (excluding diaryl/α,β-unsaturated/α-hetero) is 1. The molecule has 1 fully saturated rings. The van der Waals surface area contributed by atoms with Crippen LogP contribution in [0.1, 0.15) is 27.7 Å². The Morgan fingerprint density at radius 3 is 2.20 bits per heavy atom. The maximum atomic E-state index is 12.4. The molecule has 0 aromatic rings. The monoisotopic (exact) mass is 283 g/mol. The van der Waals surface area contributed by atoms with Crippen molar-refractivity contribution >= 4 is 11.7 Å². The van der Waals surface area contributed by atoms with Gasteiger partial charge in [-0.15, -0.1) is 0 Å². The second kappa shape index (κ2) is 7.18. The summed E-state index contributed by atoms with van der Waals surface area (Å²) >= 11 is 0. The predicted octanol–water partition coefficient (Wildman–Crippen LogP) is 0.694. The highest BCUT2D eigenvalue weighted by Gasteiger charge is 2.36. The van der Waals surface area contributed by atoms with Crippen molar-refractivity contribution in [1.29, 1.82) is 0 Å². The fourth-order valence-corrected chi connectivity index (χ4v) is 2.65. The number of ketones is 1. The number of hydrogen-bond acceptors (Lipinski definition) is 4. The molecule has 116 valence electrons. The Hall–Kier alpha value is -0.940. The van der Waals surface area contributed by atoms with Gasteiger partial charge in [-0.05, 0) is 27.9 Å². The summed E-state index contributed by atoms with van der Waals surface area (Å²) in [5, 5.41) is 0. The summed E-state index contributed by atoms with van der Waals surface area (Å²) in [6.07, 6.45) is 0. The normalized spacial score (nSPS) is 21.1. The van der Waals surface area contributed by atoms with Gasteiger partial charge in [0.15, 0.2) is 5.78 Å². The molecule has 1 aliphatic rings. The van der Waals surface area contributed by atoms with Crippen LogP contribution in [0.15, 0.2) is 0 Å². The average molecular weight is 283 g/mol. The summed E-state index contributed by atoms with van der Waals surface area (Å²) in [6, 6.07) is 0.170. The third-order valence-corrected chi connectivity index (χ3v) is 3.79. The van der Waals surface area contributed by atoms with E-state index in [4.69, 9.17) is 0 Å². The predicted molar refractivity (Wildman–Crippen MR) is 80.6 cm³/mol. The van der Waals surface area contributed by atoms with Crippen LogP contribution in [0.3, 0.4) is 0 Å². The van der Waals surface area contributed by atoms with Gasteiger partial charge in [0.1, 0.15) is 0 Å². The van der Waals surface area contributed by atoms with Crippen LogP contribution in [0.4, 0.5) is 0 Å². The minimum atomic E-state index is -0.158. The lowest BCUT2D eigenvalue weighted by atomic mass is 9.97. The topological polar surface area (TPSA) is 43.9 Å².